The van der Waals surface area contributed by atoms with Gasteiger partial charge in [0.05, 0.1) is 20.6 Å². The number of halogens is 2. The van der Waals surface area contributed by atoms with Crippen LogP contribution < -0.4 is 9.62 Å². The number of anilines is 1. The third-order valence-corrected chi connectivity index (χ3v) is 9.23. The molecule has 0 saturated carbocycles. The van der Waals surface area contributed by atoms with Gasteiger partial charge in [0.2, 0.25) is 11.8 Å². The van der Waals surface area contributed by atoms with Crippen LogP contribution >= 0.6 is 23.2 Å². The van der Waals surface area contributed by atoms with Crippen molar-refractivity contribution in [1.29, 1.82) is 0 Å². The minimum Gasteiger partial charge on any atom is -0.357 e. The van der Waals surface area contributed by atoms with Crippen molar-refractivity contribution in [3.63, 3.8) is 0 Å². The summed E-state index contributed by atoms with van der Waals surface area (Å²) in [6.07, 6.45) is 0.320. The highest BCUT2D eigenvalue weighted by molar-refractivity contribution is 7.92. The Morgan fingerprint density at radius 3 is 2.08 bits per heavy atom. The highest BCUT2D eigenvalue weighted by Crippen LogP contribution is 2.28. The summed E-state index contributed by atoms with van der Waals surface area (Å²) in [5, 5.41) is 3.29. The number of rotatable bonds is 11. The summed E-state index contributed by atoms with van der Waals surface area (Å²) in [6.45, 7) is 7.28. The number of aryl methyl sites for hydroxylation is 1. The maximum atomic E-state index is 14.0. The Bertz CT molecular complexity index is 1440. The maximum absolute atomic E-state index is 14.0. The van der Waals surface area contributed by atoms with Crippen LogP contribution in [0.15, 0.2) is 71.6 Å². The first-order chi connectivity index (χ1) is 18.9. The van der Waals surface area contributed by atoms with Crippen LogP contribution in [0.25, 0.3) is 0 Å². The molecule has 0 fully saturated rings. The van der Waals surface area contributed by atoms with Crippen molar-refractivity contribution in [2.24, 2.45) is 0 Å². The van der Waals surface area contributed by atoms with Crippen molar-refractivity contribution in [1.82, 2.24) is 10.2 Å². The minimum absolute atomic E-state index is 0.0341. The third kappa shape index (κ3) is 7.36. The number of likely N-dealkylation sites (N-methyl/N-ethyl adjacent to an activating group) is 1. The Hall–Kier alpha value is -3.07. The highest BCUT2D eigenvalue weighted by Gasteiger charge is 2.33. The van der Waals surface area contributed by atoms with Gasteiger partial charge in [0.25, 0.3) is 10.0 Å². The molecule has 214 valence electrons. The lowest BCUT2D eigenvalue weighted by atomic mass is 10.0. The Morgan fingerprint density at radius 2 is 1.55 bits per heavy atom. The molecule has 3 aromatic carbocycles. The lowest BCUT2D eigenvalue weighted by molar-refractivity contribution is -0.140. The van der Waals surface area contributed by atoms with Gasteiger partial charge in [-0.15, -0.1) is 0 Å². The summed E-state index contributed by atoms with van der Waals surface area (Å²) in [5.41, 5.74) is 2.95. The predicted octanol–water partition coefficient (Wildman–Crippen LogP) is 6.17. The van der Waals surface area contributed by atoms with E-state index in [1.165, 1.54) is 24.1 Å². The Kier molecular flexibility index (Phi) is 10.6. The van der Waals surface area contributed by atoms with Crippen molar-refractivity contribution in [2.75, 3.05) is 17.9 Å². The molecule has 1 atom stereocenters. The Labute approximate surface area is 247 Å². The molecule has 0 aliphatic carbocycles. The van der Waals surface area contributed by atoms with Crippen LogP contribution in [-0.4, -0.2) is 44.8 Å². The SMILES string of the molecule is CC[C@@H](C(=O)NC)N(Cc1ccc(Cl)c(Cl)c1)C(=O)CN(c1ccc(C(C)C)cc1)S(=O)(=O)c1ccc(C)cc1. The molecule has 0 radical (unpaired) electrons. The van der Waals surface area contributed by atoms with E-state index in [1.54, 1.807) is 49.4 Å². The van der Waals surface area contributed by atoms with E-state index in [0.717, 1.165) is 15.4 Å². The maximum Gasteiger partial charge on any atom is 0.264 e. The van der Waals surface area contributed by atoms with Gasteiger partial charge in [-0.3, -0.25) is 13.9 Å². The number of hydrogen-bond donors (Lipinski definition) is 1. The summed E-state index contributed by atoms with van der Waals surface area (Å²) in [7, 11) is -2.63. The van der Waals surface area contributed by atoms with Crippen molar-refractivity contribution < 1.29 is 18.0 Å². The second-order valence-corrected chi connectivity index (χ2v) is 12.6. The largest absolute Gasteiger partial charge is 0.357 e. The van der Waals surface area contributed by atoms with Gasteiger partial charge in [0.1, 0.15) is 12.6 Å². The Balaban J connectivity index is 2.08. The Morgan fingerprint density at radius 1 is 0.925 bits per heavy atom. The molecule has 0 aromatic heterocycles. The van der Waals surface area contributed by atoms with Crippen molar-refractivity contribution in [3.05, 3.63) is 93.5 Å². The standard InChI is InChI=1S/C30H35Cl2N3O4S/c1-6-28(30(37)33-5)34(18-22-9-16-26(31)27(32)17-22)29(36)19-35(24-12-10-23(11-13-24)20(2)3)40(38,39)25-14-7-21(4)8-15-25/h7-17,20,28H,6,18-19H2,1-5H3,(H,33,37)/t28-/m0/s1. The fraction of sp³-hybridized carbons (Fsp3) is 0.333. The lowest BCUT2D eigenvalue weighted by Gasteiger charge is -2.33. The van der Waals surface area contributed by atoms with Crippen LogP contribution in [0.5, 0.6) is 0 Å². The first-order valence-corrected chi connectivity index (χ1v) is 15.2. The number of carbonyl (C=O) groups excluding carboxylic acids is 2. The van der Waals surface area contributed by atoms with Crippen molar-refractivity contribution in [2.45, 2.75) is 57.5 Å². The van der Waals surface area contributed by atoms with Gasteiger partial charge < -0.3 is 10.2 Å². The molecule has 40 heavy (non-hydrogen) atoms. The molecule has 0 saturated heterocycles. The van der Waals surface area contributed by atoms with E-state index in [0.29, 0.717) is 27.7 Å². The number of sulfonamides is 1. The molecule has 3 rings (SSSR count). The van der Waals surface area contributed by atoms with Gasteiger partial charge in [0.15, 0.2) is 0 Å². The smallest absolute Gasteiger partial charge is 0.264 e. The summed E-state index contributed by atoms with van der Waals surface area (Å²) < 4.78 is 29.0. The topological polar surface area (TPSA) is 86.8 Å². The van der Waals surface area contributed by atoms with Crippen LogP contribution in [0.3, 0.4) is 0 Å². The molecule has 10 heteroatoms. The van der Waals surface area contributed by atoms with Crippen molar-refractivity contribution >= 4 is 50.7 Å². The van der Waals surface area contributed by atoms with Gasteiger partial charge in [-0.2, -0.15) is 0 Å². The number of hydrogen-bond acceptors (Lipinski definition) is 4. The molecule has 0 spiro atoms. The van der Waals surface area contributed by atoms with E-state index in [2.05, 4.69) is 5.32 Å². The minimum atomic E-state index is -4.13. The summed E-state index contributed by atoms with van der Waals surface area (Å²) in [6, 6.07) is 17.7. The van der Waals surface area contributed by atoms with E-state index in [1.807, 2.05) is 32.9 Å². The van der Waals surface area contributed by atoms with E-state index >= 15 is 0 Å². The molecule has 1 N–H and O–H groups in total. The zero-order valence-corrected chi connectivity index (χ0v) is 25.6. The van der Waals surface area contributed by atoms with E-state index in [9.17, 15) is 18.0 Å². The molecule has 3 aromatic rings. The molecular weight excluding hydrogens is 569 g/mol. The second-order valence-electron chi connectivity index (χ2n) is 9.88. The molecule has 0 heterocycles. The number of carbonyl (C=O) groups is 2. The first-order valence-electron chi connectivity index (χ1n) is 13.0. The predicted molar refractivity (Wildman–Crippen MR) is 161 cm³/mol. The zero-order valence-electron chi connectivity index (χ0n) is 23.3. The molecule has 0 aliphatic rings. The average Bonchev–Trinajstić information content (AvgIpc) is 2.93. The van der Waals surface area contributed by atoms with E-state index < -0.39 is 28.5 Å². The van der Waals surface area contributed by atoms with Crippen LogP contribution in [-0.2, 0) is 26.2 Å². The molecule has 2 amide bonds. The highest BCUT2D eigenvalue weighted by atomic mass is 35.5. The van der Waals surface area contributed by atoms with Gasteiger partial charge in [-0.25, -0.2) is 8.42 Å². The van der Waals surface area contributed by atoms with Gasteiger partial charge in [-0.05, 0) is 66.8 Å². The number of nitrogens with one attached hydrogen (secondary N) is 1. The van der Waals surface area contributed by atoms with Crippen LogP contribution in [0.4, 0.5) is 5.69 Å². The molecule has 0 bridgehead atoms. The van der Waals surface area contributed by atoms with Gasteiger partial charge in [0, 0.05) is 13.6 Å². The van der Waals surface area contributed by atoms with Crippen molar-refractivity contribution in [3.8, 4) is 0 Å². The summed E-state index contributed by atoms with van der Waals surface area (Å²) >= 11 is 12.3. The fourth-order valence-electron chi connectivity index (χ4n) is 4.31. The lowest BCUT2D eigenvalue weighted by Crippen LogP contribution is -2.51. The number of nitrogens with zero attached hydrogens (tertiary/aromatic N) is 2. The van der Waals surface area contributed by atoms with Crippen LogP contribution in [0, 0.1) is 6.92 Å². The number of amides is 2. The first kappa shape index (κ1) is 31.5. The van der Waals surface area contributed by atoms with Crippen LogP contribution in [0.1, 0.15) is 49.8 Å². The molecule has 0 aliphatic heterocycles. The average molecular weight is 605 g/mol. The fourth-order valence-corrected chi connectivity index (χ4v) is 6.05. The summed E-state index contributed by atoms with van der Waals surface area (Å²) in [4.78, 5) is 28.3. The zero-order chi connectivity index (χ0) is 29.6. The van der Waals surface area contributed by atoms with Gasteiger partial charge >= 0.3 is 0 Å². The number of benzene rings is 3. The van der Waals surface area contributed by atoms with E-state index in [-0.39, 0.29) is 23.3 Å². The van der Waals surface area contributed by atoms with E-state index in [4.69, 9.17) is 23.2 Å². The normalized spacial score (nSPS) is 12.2. The summed E-state index contributed by atoms with van der Waals surface area (Å²) in [5.74, 6) is -0.646. The molecule has 7 nitrogen and oxygen atoms in total. The van der Waals surface area contributed by atoms with Gasteiger partial charge in [-0.1, -0.05) is 79.9 Å². The second kappa shape index (κ2) is 13.5. The monoisotopic (exact) mass is 603 g/mol. The molecule has 0 unspecified atom stereocenters. The third-order valence-electron chi connectivity index (χ3n) is 6.70. The molecular formula is C30H35Cl2N3O4S. The van der Waals surface area contributed by atoms with Crippen LogP contribution in [0.2, 0.25) is 10.0 Å². The quantitative estimate of drug-likeness (QED) is 0.284.